The molecule has 0 saturated carbocycles. The molecule has 0 aliphatic heterocycles. The third-order valence-electron chi connectivity index (χ3n) is 4.51. The molecule has 4 rings (SSSR count). The Balaban J connectivity index is 1.40. The molecular weight excluding hydrogens is 401 g/mol. The molecule has 1 aromatic heterocycles. The fourth-order valence-electron chi connectivity index (χ4n) is 3.05. The number of nitrogens with two attached hydrogens (primary N) is 1. The summed E-state index contributed by atoms with van der Waals surface area (Å²) in [5, 5.41) is 12.3. The minimum absolute atomic E-state index is 0.144. The number of benzene rings is 3. The molecule has 31 heavy (non-hydrogen) atoms. The number of hydrogen-bond donors (Lipinski definition) is 4. The minimum atomic E-state index is -0.435. The summed E-state index contributed by atoms with van der Waals surface area (Å²) in [5.74, 6) is -0.599. The lowest BCUT2D eigenvalue weighted by Crippen LogP contribution is -2.28. The molecule has 9 heteroatoms. The van der Waals surface area contributed by atoms with Crippen LogP contribution >= 0.6 is 0 Å². The number of aromatic nitrogens is 1. The molecule has 0 bridgehead atoms. The van der Waals surface area contributed by atoms with Gasteiger partial charge in [-0.1, -0.05) is 23.4 Å². The normalized spacial score (nSPS) is 10.6. The molecule has 0 unspecified atom stereocenters. The van der Waals surface area contributed by atoms with Gasteiger partial charge < -0.3 is 26.2 Å². The molecule has 0 radical (unpaired) electrons. The molecule has 0 aliphatic carbocycles. The Morgan fingerprint density at radius 3 is 2.55 bits per heavy atom. The largest absolute Gasteiger partial charge is 0.380 e. The molecule has 4 aromatic rings. The molecule has 0 fully saturated rings. The first-order valence-electron chi connectivity index (χ1n) is 9.34. The van der Waals surface area contributed by atoms with E-state index < -0.39 is 6.03 Å². The van der Waals surface area contributed by atoms with Crippen molar-refractivity contribution < 1.29 is 18.5 Å². The van der Waals surface area contributed by atoms with Crippen molar-refractivity contribution in [2.24, 2.45) is 0 Å². The average molecular weight is 419 g/mol. The Kier molecular flexibility index (Phi) is 5.48. The summed E-state index contributed by atoms with van der Waals surface area (Å²) in [6.45, 7) is 0.227. The number of urea groups is 1. The monoisotopic (exact) mass is 419 g/mol. The van der Waals surface area contributed by atoms with Gasteiger partial charge in [-0.25, -0.2) is 9.18 Å². The highest BCUT2D eigenvalue weighted by Gasteiger charge is 2.16. The highest BCUT2D eigenvalue weighted by molar-refractivity contribution is 6.14. The highest BCUT2D eigenvalue weighted by Crippen LogP contribution is 2.25. The summed E-state index contributed by atoms with van der Waals surface area (Å²) in [6, 6.07) is 17.1. The van der Waals surface area contributed by atoms with Crippen molar-refractivity contribution in [3.05, 3.63) is 83.7 Å². The van der Waals surface area contributed by atoms with E-state index in [-0.39, 0.29) is 24.1 Å². The number of nitrogen functional groups attached to an aromatic ring is 1. The molecule has 0 aliphatic rings. The SMILES string of the molecule is Nc1noc2cccc(C(=O)Nc3cccc(CNC(=O)Nc4ccc(F)cc4)c3)c12. The maximum absolute atomic E-state index is 12.9. The van der Waals surface area contributed by atoms with E-state index in [0.29, 0.717) is 27.9 Å². The number of fused-ring (bicyclic) bond motifs is 1. The van der Waals surface area contributed by atoms with Gasteiger partial charge in [0.15, 0.2) is 11.4 Å². The van der Waals surface area contributed by atoms with Gasteiger partial charge in [-0.15, -0.1) is 0 Å². The lowest BCUT2D eigenvalue weighted by Gasteiger charge is -2.10. The molecule has 0 atom stereocenters. The summed E-state index contributed by atoms with van der Waals surface area (Å²) in [6.07, 6.45) is 0. The summed E-state index contributed by atoms with van der Waals surface area (Å²) in [7, 11) is 0. The second kappa shape index (κ2) is 8.54. The van der Waals surface area contributed by atoms with Crippen molar-refractivity contribution in [2.75, 3.05) is 16.4 Å². The number of nitrogens with one attached hydrogen (secondary N) is 3. The zero-order chi connectivity index (χ0) is 21.8. The van der Waals surface area contributed by atoms with Crippen molar-refractivity contribution >= 4 is 40.1 Å². The Labute approximate surface area is 176 Å². The van der Waals surface area contributed by atoms with Crippen LogP contribution in [-0.4, -0.2) is 17.1 Å². The second-order valence-electron chi connectivity index (χ2n) is 6.72. The predicted molar refractivity (Wildman–Crippen MR) is 115 cm³/mol. The molecular formula is C22H18FN5O3. The van der Waals surface area contributed by atoms with E-state index in [1.807, 2.05) is 6.07 Å². The Hall–Kier alpha value is -4.40. The van der Waals surface area contributed by atoms with Crippen LogP contribution in [0, 0.1) is 5.82 Å². The van der Waals surface area contributed by atoms with Crippen molar-refractivity contribution in [1.82, 2.24) is 10.5 Å². The number of amides is 3. The Morgan fingerprint density at radius 2 is 1.74 bits per heavy atom. The lowest BCUT2D eigenvalue weighted by atomic mass is 10.1. The van der Waals surface area contributed by atoms with E-state index >= 15 is 0 Å². The standard InChI is InChI=1S/C22H18FN5O3/c23-14-7-9-15(10-8-14)27-22(30)25-12-13-3-1-4-16(11-13)26-21(29)17-5-2-6-18-19(17)20(24)28-31-18/h1-11H,12H2,(H2,24,28)(H,26,29)(H2,25,27,30). The van der Waals surface area contributed by atoms with Crippen molar-refractivity contribution in [1.29, 1.82) is 0 Å². The number of nitrogens with zero attached hydrogens (tertiary/aromatic N) is 1. The van der Waals surface area contributed by atoms with Gasteiger partial charge in [0.25, 0.3) is 5.91 Å². The quantitative estimate of drug-likeness (QED) is 0.388. The van der Waals surface area contributed by atoms with Crippen LogP contribution in [-0.2, 0) is 6.54 Å². The summed E-state index contributed by atoms with van der Waals surface area (Å²) in [4.78, 5) is 24.8. The van der Waals surface area contributed by atoms with Crippen LogP contribution < -0.4 is 21.7 Å². The third kappa shape index (κ3) is 4.61. The summed E-state index contributed by atoms with van der Waals surface area (Å²) >= 11 is 0. The highest BCUT2D eigenvalue weighted by atomic mass is 19.1. The zero-order valence-electron chi connectivity index (χ0n) is 16.2. The van der Waals surface area contributed by atoms with Crippen LogP contribution in [0.15, 0.2) is 71.3 Å². The first-order chi connectivity index (χ1) is 15.0. The number of rotatable bonds is 5. The van der Waals surface area contributed by atoms with Gasteiger partial charge in [0.05, 0.1) is 10.9 Å². The first-order valence-corrected chi connectivity index (χ1v) is 9.34. The second-order valence-corrected chi connectivity index (χ2v) is 6.72. The van der Waals surface area contributed by atoms with Gasteiger partial charge in [-0.3, -0.25) is 4.79 Å². The van der Waals surface area contributed by atoms with Crippen LogP contribution in [0.1, 0.15) is 15.9 Å². The lowest BCUT2D eigenvalue weighted by molar-refractivity contribution is 0.102. The average Bonchev–Trinajstić information content (AvgIpc) is 3.15. The molecule has 3 aromatic carbocycles. The topological polar surface area (TPSA) is 122 Å². The van der Waals surface area contributed by atoms with Crippen LogP contribution in [0.25, 0.3) is 11.0 Å². The molecule has 0 saturated heterocycles. The van der Waals surface area contributed by atoms with E-state index in [0.717, 1.165) is 5.56 Å². The van der Waals surface area contributed by atoms with E-state index in [9.17, 15) is 14.0 Å². The first kappa shape index (κ1) is 19.9. The maximum atomic E-state index is 12.9. The zero-order valence-corrected chi connectivity index (χ0v) is 16.2. The molecule has 8 nitrogen and oxygen atoms in total. The van der Waals surface area contributed by atoms with E-state index in [1.165, 1.54) is 24.3 Å². The van der Waals surface area contributed by atoms with Crippen LogP contribution in [0.2, 0.25) is 0 Å². The smallest absolute Gasteiger partial charge is 0.319 e. The number of carbonyl (C=O) groups is 2. The van der Waals surface area contributed by atoms with Crippen LogP contribution in [0.5, 0.6) is 0 Å². The fraction of sp³-hybridized carbons (Fsp3) is 0.0455. The fourth-order valence-corrected chi connectivity index (χ4v) is 3.05. The van der Waals surface area contributed by atoms with Gasteiger partial charge in [-0.2, -0.15) is 0 Å². The number of halogens is 1. The van der Waals surface area contributed by atoms with E-state index in [1.54, 1.807) is 36.4 Å². The van der Waals surface area contributed by atoms with Gasteiger partial charge in [-0.05, 0) is 54.1 Å². The maximum Gasteiger partial charge on any atom is 0.319 e. The molecule has 5 N–H and O–H groups in total. The van der Waals surface area contributed by atoms with Gasteiger partial charge in [0, 0.05) is 17.9 Å². The van der Waals surface area contributed by atoms with Gasteiger partial charge in [0.1, 0.15) is 5.82 Å². The number of anilines is 3. The van der Waals surface area contributed by atoms with Crippen molar-refractivity contribution in [2.45, 2.75) is 6.54 Å². The molecule has 1 heterocycles. The minimum Gasteiger partial charge on any atom is -0.380 e. The summed E-state index contributed by atoms with van der Waals surface area (Å²) < 4.78 is 18.0. The van der Waals surface area contributed by atoms with Crippen LogP contribution in [0.4, 0.5) is 26.4 Å². The summed E-state index contributed by atoms with van der Waals surface area (Å²) in [5.41, 5.74) is 8.38. The molecule has 0 spiro atoms. The Bertz CT molecular complexity index is 1250. The predicted octanol–water partition coefficient (Wildman–Crippen LogP) is 4.12. The van der Waals surface area contributed by atoms with Crippen molar-refractivity contribution in [3.63, 3.8) is 0 Å². The van der Waals surface area contributed by atoms with Gasteiger partial charge in [0.2, 0.25) is 0 Å². The number of hydrogen-bond acceptors (Lipinski definition) is 5. The van der Waals surface area contributed by atoms with Crippen LogP contribution in [0.3, 0.4) is 0 Å². The van der Waals surface area contributed by atoms with E-state index in [2.05, 4.69) is 21.1 Å². The molecule has 3 amide bonds. The Morgan fingerprint density at radius 1 is 0.968 bits per heavy atom. The third-order valence-corrected chi connectivity index (χ3v) is 4.51. The van der Waals surface area contributed by atoms with E-state index in [4.69, 9.17) is 10.3 Å². The molecule has 156 valence electrons. The van der Waals surface area contributed by atoms with Crippen molar-refractivity contribution in [3.8, 4) is 0 Å². The number of carbonyl (C=O) groups excluding carboxylic acids is 2. The van der Waals surface area contributed by atoms with Gasteiger partial charge >= 0.3 is 6.03 Å².